The summed E-state index contributed by atoms with van der Waals surface area (Å²) in [5, 5.41) is 5.80. The third-order valence-electron chi connectivity index (χ3n) is 5.04. The van der Waals surface area contributed by atoms with Gasteiger partial charge in [0.15, 0.2) is 0 Å². The topological polar surface area (TPSA) is 61.4 Å². The maximum absolute atomic E-state index is 11.8. The number of unbranched alkanes of at least 4 members (excludes halogenated alkanes) is 11. The van der Waals surface area contributed by atoms with Crippen molar-refractivity contribution in [3.63, 3.8) is 0 Å². The number of hydrogen-bond donors (Lipinski definition) is 2. The molecule has 0 heterocycles. The van der Waals surface area contributed by atoms with Crippen molar-refractivity contribution in [2.45, 2.75) is 103 Å². The molecule has 0 aromatic heterocycles. The van der Waals surface area contributed by atoms with Gasteiger partial charge < -0.3 is 15.5 Å². The molecule has 0 aromatic rings. The highest BCUT2D eigenvalue weighted by Gasteiger charge is 2.06. The molecule has 0 aliphatic heterocycles. The van der Waals surface area contributed by atoms with E-state index in [2.05, 4.69) is 22.5 Å². The molecule has 0 radical (unpaired) electrons. The molecule has 0 rings (SSSR count). The molecule has 0 unspecified atom stereocenters. The molecule has 0 spiro atoms. The third-order valence-corrected chi connectivity index (χ3v) is 5.04. The van der Waals surface area contributed by atoms with Crippen LogP contribution in [-0.4, -0.2) is 50.4 Å². The van der Waals surface area contributed by atoms with Gasteiger partial charge in [0.1, 0.15) is 0 Å². The van der Waals surface area contributed by atoms with Gasteiger partial charge in [-0.3, -0.25) is 9.59 Å². The largest absolute Gasteiger partial charge is 0.356 e. The molecule has 0 aromatic carbocycles. The quantitative estimate of drug-likeness (QED) is 0.294. The van der Waals surface area contributed by atoms with Gasteiger partial charge in [-0.25, -0.2) is 0 Å². The molecular weight excluding hydrogens is 350 g/mol. The molecule has 0 saturated carbocycles. The summed E-state index contributed by atoms with van der Waals surface area (Å²) in [6.07, 6.45) is 17.4. The fraction of sp³-hybridized carbons (Fsp3) is 0.913. The van der Waals surface area contributed by atoms with Crippen molar-refractivity contribution < 1.29 is 9.59 Å². The molecule has 5 nitrogen and oxygen atoms in total. The Hall–Kier alpha value is -1.10. The second-order valence-electron chi connectivity index (χ2n) is 8.25. The Morgan fingerprint density at radius 2 is 1.00 bits per heavy atom. The lowest BCUT2D eigenvalue weighted by atomic mass is 10.1. The highest BCUT2D eigenvalue weighted by Crippen LogP contribution is 2.11. The van der Waals surface area contributed by atoms with Crippen molar-refractivity contribution >= 4 is 11.8 Å². The monoisotopic (exact) mass is 397 g/mol. The van der Waals surface area contributed by atoms with E-state index in [0.29, 0.717) is 6.54 Å². The van der Waals surface area contributed by atoms with E-state index in [1.165, 1.54) is 70.6 Å². The van der Waals surface area contributed by atoms with E-state index in [9.17, 15) is 9.59 Å². The van der Waals surface area contributed by atoms with Gasteiger partial charge in [0.05, 0.1) is 0 Å². The van der Waals surface area contributed by atoms with Gasteiger partial charge in [-0.2, -0.15) is 0 Å². The predicted molar refractivity (Wildman–Crippen MR) is 120 cm³/mol. The minimum absolute atomic E-state index is 0.00786. The molecule has 2 amide bonds. The van der Waals surface area contributed by atoms with Crippen LogP contribution < -0.4 is 10.6 Å². The Morgan fingerprint density at radius 1 is 0.607 bits per heavy atom. The van der Waals surface area contributed by atoms with E-state index in [1.807, 2.05) is 14.1 Å². The van der Waals surface area contributed by atoms with E-state index in [1.54, 1.807) is 0 Å². The van der Waals surface area contributed by atoms with E-state index in [0.717, 1.165) is 25.9 Å². The van der Waals surface area contributed by atoms with Crippen molar-refractivity contribution in [3.8, 4) is 0 Å². The highest BCUT2D eigenvalue weighted by molar-refractivity contribution is 5.83. The van der Waals surface area contributed by atoms with E-state index in [-0.39, 0.29) is 24.7 Å². The molecule has 0 atom stereocenters. The molecule has 5 heteroatoms. The Morgan fingerprint density at radius 3 is 1.43 bits per heavy atom. The van der Waals surface area contributed by atoms with Gasteiger partial charge in [0.2, 0.25) is 11.8 Å². The van der Waals surface area contributed by atoms with E-state index < -0.39 is 0 Å². The van der Waals surface area contributed by atoms with Crippen LogP contribution in [-0.2, 0) is 9.59 Å². The average Bonchev–Trinajstić information content (AvgIpc) is 2.67. The van der Waals surface area contributed by atoms with Gasteiger partial charge >= 0.3 is 0 Å². The fourth-order valence-electron chi connectivity index (χ4n) is 3.22. The standard InChI is InChI=1S/C23H47N3O2/c1-4-5-6-7-8-9-10-11-12-13-14-15-19-24-22(27)17-18-23(28)25-20-16-21-26(2)3/h4-21H2,1-3H3,(H,24,27)(H,25,28). The lowest BCUT2D eigenvalue weighted by molar-refractivity contribution is -0.126. The van der Waals surface area contributed by atoms with Gasteiger partial charge in [-0.15, -0.1) is 0 Å². The maximum atomic E-state index is 11.8. The summed E-state index contributed by atoms with van der Waals surface area (Å²) in [6.45, 7) is 4.64. The van der Waals surface area contributed by atoms with Crippen LogP contribution in [0.1, 0.15) is 103 Å². The Bertz CT molecular complexity index is 373. The van der Waals surface area contributed by atoms with Crippen LogP contribution in [0.5, 0.6) is 0 Å². The van der Waals surface area contributed by atoms with Gasteiger partial charge in [0, 0.05) is 25.9 Å². The summed E-state index contributed by atoms with van der Waals surface area (Å²) in [6, 6.07) is 0. The van der Waals surface area contributed by atoms with E-state index >= 15 is 0 Å². The molecular formula is C23H47N3O2. The lowest BCUT2D eigenvalue weighted by Crippen LogP contribution is -2.29. The molecule has 2 N–H and O–H groups in total. The zero-order valence-electron chi connectivity index (χ0n) is 19.0. The zero-order chi connectivity index (χ0) is 20.9. The summed E-state index contributed by atoms with van der Waals surface area (Å²) in [5.74, 6) is -0.0363. The highest BCUT2D eigenvalue weighted by atomic mass is 16.2. The summed E-state index contributed by atoms with van der Waals surface area (Å²) in [7, 11) is 4.03. The summed E-state index contributed by atoms with van der Waals surface area (Å²) in [4.78, 5) is 25.5. The van der Waals surface area contributed by atoms with Crippen LogP contribution in [0.4, 0.5) is 0 Å². The van der Waals surface area contributed by atoms with Crippen LogP contribution >= 0.6 is 0 Å². The van der Waals surface area contributed by atoms with Crippen LogP contribution in [0.25, 0.3) is 0 Å². The summed E-state index contributed by atoms with van der Waals surface area (Å²) in [5.41, 5.74) is 0. The molecule has 0 fully saturated rings. The van der Waals surface area contributed by atoms with E-state index in [4.69, 9.17) is 0 Å². The Labute approximate surface area is 174 Å². The first kappa shape index (κ1) is 26.9. The number of nitrogens with one attached hydrogen (secondary N) is 2. The number of carbonyl (C=O) groups excluding carboxylic acids is 2. The molecule has 28 heavy (non-hydrogen) atoms. The van der Waals surface area contributed by atoms with Crippen LogP contribution in [0, 0.1) is 0 Å². The normalized spacial score (nSPS) is 11.0. The van der Waals surface area contributed by atoms with Crippen LogP contribution in [0.15, 0.2) is 0 Å². The van der Waals surface area contributed by atoms with Crippen molar-refractivity contribution in [1.29, 1.82) is 0 Å². The molecule has 0 saturated heterocycles. The first-order valence-electron chi connectivity index (χ1n) is 11.7. The van der Waals surface area contributed by atoms with Crippen LogP contribution in [0.3, 0.4) is 0 Å². The zero-order valence-corrected chi connectivity index (χ0v) is 19.0. The number of rotatable bonds is 20. The van der Waals surface area contributed by atoms with Gasteiger partial charge in [0.25, 0.3) is 0 Å². The number of hydrogen-bond acceptors (Lipinski definition) is 3. The number of nitrogens with zero attached hydrogens (tertiary/aromatic N) is 1. The Kier molecular flexibility index (Phi) is 19.8. The second kappa shape index (κ2) is 20.6. The van der Waals surface area contributed by atoms with Crippen molar-refractivity contribution in [2.75, 3.05) is 33.7 Å². The molecule has 0 aliphatic rings. The molecule has 0 aliphatic carbocycles. The fourth-order valence-corrected chi connectivity index (χ4v) is 3.22. The first-order chi connectivity index (χ1) is 13.6. The minimum atomic E-state index is -0.0285. The minimum Gasteiger partial charge on any atom is -0.356 e. The van der Waals surface area contributed by atoms with Gasteiger partial charge in [-0.1, -0.05) is 77.6 Å². The maximum Gasteiger partial charge on any atom is 0.220 e. The molecule has 166 valence electrons. The first-order valence-corrected chi connectivity index (χ1v) is 11.7. The number of amides is 2. The predicted octanol–water partition coefficient (Wildman–Crippen LogP) is 4.65. The SMILES string of the molecule is CCCCCCCCCCCCCCNC(=O)CCC(=O)NCCCN(C)C. The summed E-state index contributed by atoms with van der Waals surface area (Å²) >= 11 is 0. The van der Waals surface area contributed by atoms with Gasteiger partial charge in [-0.05, 0) is 33.5 Å². The lowest BCUT2D eigenvalue weighted by Gasteiger charge is -2.10. The van der Waals surface area contributed by atoms with Crippen molar-refractivity contribution in [3.05, 3.63) is 0 Å². The Balaban J connectivity index is 3.29. The van der Waals surface area contributed by atoms with Crippen molar-refractivity contribution in [2.24, 2.45) is 0 Å². The molecule has 0 bridgehead atoms. The number of carbonyl (C=O) groups is 2. The summed E-state index contributed by atoms with van der Waals surface area (Å²) < 4.78 is 0. The van der Waals surface area contributed by atoms with Crippen molar-refractivity contribution in [1.82, 2.24) is 15.5 Å². The van der Waals surface area contributed by atoms with Crippen LogP contribution in [0.2, 0.25) is 0 Å². The second-order valence-corrected chi connectivity index (χ2v) is 8.25. The smallest absolute Gasteiger partial charge is 0.220 e. The third kappa shape index (κ3) is 21.2. The average molecular weight is 398 g/mol.